The van der Waals surface area contributed by atoms with Gasteiger partial charge in [-0.15, -0.1) is 12.4 Å². The van der Waals surface area contributed by atoms with Crippen molar-refractivity contribution in [1.29, 1.82) is 0 Å². The quantitative estimate of drug-likeness (QED) is 0.0386. The number of ketones is 8. The van der Waals surface area contributed by atoms with Crippen LogP contribution in [0.4, 0.5) is 0 Å². The van der Waals surface area contributed by atoms with E-state index in [1.54, 1.807) is 44.2 Å². The first-order chi connectivity index (χ1) is 66.9. The van der Waals surface area contributed by atoms with Gasteiger partial charge in [-0.05, 0) is 354 Å². The number of hydrogen-bond acceptors (Lipinski definition) is 16. The molecule has 7 heterocycles. The summed E-state index contributed by atoms with van der Waals surface area (Å²) in [5, 5.41) is 42.0. The second kappa shape index (κ2) is 43.1. The zero-order valence-electron chi connectivity index (χ0n) is 85.5. The molecule has 22 heteroatoms. The lowest BCUT2D eigenvalue weighted by atomic mass is 9.97. The van der Waals surface area contributed by atoms with Crippen LogP contribution in [0.2, 0.25) is 0 Å². The van der Waals surface area contributed by atoms with Gasteiger partial charge < -0.3 is 62.7 Å². The molecule has 15 aromatic rings. The Labute approximate surface area is 833 Å². The number of rotatable bonds is 28. The van der Waals surface area contributed by atoms with Gasteiger partial charge in [0.05, 0.1) is 33.2 Å². The number of aromatic hydroxyl groups is 3. The molecule has 0 radical (unpaired) electrons. The first kappa shape index (κ1) is 103. The smallest absolute Gasteiger partial charge is 0.165 e. The van der Waals surface area contributed by atoms with Crippen molar-refractivity contribution in [3.63, 3.8) is 0 Å². The number of nitrogens with zero attached hydrogens (tertiary/aromatic N) is 10. The topological polar surface area (TPSA) is 238 Å². The Morgan fingerprint density at radius 3 is 1.06 bits per heavy atom. The van der Waals surface area contributed by atoms with Crippen LogP contribution in [0, 0.1) is 11.8 Å². The molecule has 141 heavy (non-hydrogen) atoms. The summed E-state index contributed by atoms with van der Waals surface area (Å²) < 4.78 is 11.5. The fourth-order valence-electron chi connectivity index (χ4n) is 22.5. The highest BCUT2D eigenvalue weighted by Gasteiger charge is 2.32. The van der Waals surface area contributed by atoms with Crippen molar-refractivity contribution in [3.8, 4) is 17.2 Å². The minimum atomic E-state index is -0.219. The number of aryl methyl sites for hydroxylation is 7. The summed E-state index contributed by atoms with van der Waals surface area (Å²) in [6.45, 7) is 40.1. The van der Waals surface area contributed by atoms with E-state index in [4.69, 9.17) is 0 Å². The van der Waals surface area contributed by atoms with Gasteiger partial charge in [0.1, 0.15) is 17.2 Å². The molecule has 2 saturated heterocycles. The molecule has 2 aliphatic heterocycles. The van der Waals surface area contributed by atoms with E-state index in [0.717, 1.165) is 223 Å². The Morgan fingerprint density at radius 1 is 0.369 bits per heavy atom. The molecule has 3 aliphatic carbocycles. The molecule has 0 bridgehead atoms. The predicted octanol–water partition coefficient (Wildman–Crippen LogP) is 24.5. The van der Waals surface area contributed by atoms with E-state index in [0.29, 0.717) is 47.5 Å². The lowest BCUT2D eigenvalue weighted by Gasteiger charge is -2.20. The van der Waals surface area contributed by atoms with Gasteiger partial charge >= 0.3 is 0 Å². The highest BCUT2D eigenvalue weighted by molar-refractivity contribution is 6.20. The van der Waals surface area contributed by atoms with Crippen molar-refractivity contribution >= 4 is 179 Å². The highest BCUT2D eigenvalue weighted by atomic mass is 35.5. The van der Waals surface area contributed by atoms with Gasteiger partial charge in [-0.2, -0.15) is 0 Å². The van der Waals surface area contributed by atoms with Gasteiger partial charge in [0.25, 0.3) is 0 Å². The molecule has 5 aromatic heterocycles. The van der Waals surface area contributed by atoms with Crippen LogP contribution in [-0.2, 0) is 52.0 Å². The predicted molar refractivity (Wildman–Crippen MR) is 580 cm³/mol. The normalized spacial score (nSPS) is 15.3. The molecule has 2 unspecified atom stereocenters. The molecule has 3 N–H and O–H groups in total. The van der Waals surface area contributed by atoms with Gasteiger partial charge in [0.15, 0.2) is 46.3 Å². The summed E-state index contributed by atoms with van der Waals surface area (Å²) in [5.74, 6) is 0.0485. The van der Waals surface area contributed by atoms with Gasteiger partial charge in [0, 0.05) is 208 Å². The molecular weight excluding hydrogens is 1780 g/mol. The van der Waals surface area contributed by atoms with Crippen LogP contribution in [0.5, 0.6) is 17.2 Å². The standard InChI is InChI=1S/C25H32N2O2.C25H28N2O.C23H26N2O4.2C23H26N2O2.ClH/c1-16(2)24(28)18-8-10-22-20(14-18)21-15-19(25(29)17(3)4)9-11-23(21)27(22)13-7-12-26(5)6;1-4-26(5-2)14-15-27-21-11-8-17-16(3)6-7-19(17)24(21)25-20-10-13-23(28)18(20)9-12-22(25)27;1-13(26)16-9-18-19-10-17(14(2)27)23(29)12-21(19)25(20(18)11-22(16)28)8-6-15-5-4-7-24(15)3;1-14-6-7-17-16(14)8-9-20-23(17)19-12-18(15(2)26)22(27)13-21(19)25(20)11-5-10-24(3)4;1-15(26)17-6-8-22-20(13-17)21-14-18(16(2)27)7-9-23(21)25(22)12-10-19-5-4-11-24(19)3;/h8-11,14-17H,7,12-13H2,1-6H3;8-9,11-12H,3-7,10,13-15H2,1-2H3;9-12,15,28-29H,4-8H2,1-3H3;8-9,12-13,27H,1,5-7,10-11H2,2-4H3;6-9,13-14,19H,4-5,10-12H2,1-3H3;1H. The minimum Gasteiger partial charge on any atom is -0.507 e. The van der Waals surface area contributed by atoms with Crippen molar-refractivity contribution in [2.45, 2.75) is 211 Å². The van der Waals surface area contributed by atoms with Crippen LogP contribution >= 0.6 is 12.4 Å². The monoisotopic (exact) mass is 1920 g/mol. The fraction of sp³-hybridized carbons (Fsp3) is 0.395. The number of Topliss-reactive ketones (excluding diaryl/α,β-unsaturated/α-hetero) is 8. The van der Waals surface area contributed by atoms with E-state index < -0.39 is 0 Å². The molecule has 0 amide bonds. The average molecular weight is 1920 g/mol. The summed E-state index contributed by atoms with van der Waals surface area (Å²) in [6.07, 6.45) is 14.6. The summed E-state index contributed by atoms with van der Waals surface area (Å²) >= 11 is 0. The fourth-order valence-corrected chi connectivity index (χ4v) is 22.5. The van der Waals surface area contributed by atoms with Crippen LogP contribution in [-0.4, -0.2) is 209 Å². The second-order valence-corrected chi connectivity index (χ2v) is 40.7. The number of aromatic nitrogens is 5. The minimum absolute atomic E-state index is 0. The van der Waals surface area contributed by atoms with Crippen LogP contribution in [0.15, 0.2) is 159 Å². The molecule has 20 rings (SSSR count). The van der Waals surface area contributed by atoms with E-state index in [1.165, 1.54) is 118 Å². The van der Waals surface area contributed by atoms with Gasteiger partial charge in [-0.25, -0.2) is 0 Å². The van der Waals surface area contributed by atoms with E-state index in [9.17, 15) is 53.7 Å². The van der Waals surface area contributed by atoms with E-state index >= 15 is 0 Å². The summed E-state index contributed by atoms with van der Waals surface area (Å²) in [5.41, 5.74) is 24.7. The highest BCUT2D eigenvalue weighted by Crippen LogP contribution is 2.47. The van der Waals surface area contributed by atoms with Gasteiger partial charge in [-0.3, -0.25) is 38.4 Å². The Hall–Kier alpha value is -12.5. The molecule has 21 nitrogen and oxygen atoms in total. The number of likely N-dealkylation sites (tertiary alicyclic amines) is 2. The number of phenolic OH excluding ortho intramolecular Hbond substituents is 3. The molecule has 2 fully saturated rings. The number of benzene rings is 10. The number of halogens is 1. The maximum absolute atomic E-state index is 12.6. The van der Waals surface area contributed by atoms with E-state index in [2.05, 4.69) is 177 Å². The van der Waals surface area contributed by atoms with Crippen molar-refractivity contribution < 1.29 is 53.7 Å². The third-order valence-corrected chi connectivity index (χ3v) is 30.3. The third-order valence-electron chi connectivity index (χ3n) is 30.3. The second-order valence-electron chi connectivity index (χ2n) is 40.7. The van der Waals surface area contributed by atoms with Gasteiger partial charge in [-0.1, -0.05) is 66.8 Å². The largest absolute Gasteiger partial charge is 0.507 e. The molecule has 0 spiro atoms. The maximum Gasteiger partial charge on any atom is 0.165 e. The van der Waals surface area contributed by atoms with Crippen molar-refractivity contribution in [2.24, 2.45) is 11.8 Å². The lowest BCUT2D eigenvalue weighted by molar-refractivity contribution is 0.0932. The SMILES string of the molecule is C=C1CCc2c1ccc1c2c2c3c(ccc2n1CCN(CC)CC)C(=O)CC3.C=C1CCc2c1ccc1c2c2cc(C(C)=O)c(O)cc2n1CCCN(C)C.CC(=O)c1cc2c3cc(C(C)=O)c(O)cc3n(CCC3CCCN3C)c2cc1O.CC(=O)c1ccc2c(c1)c1cc(C(C)=O)ccc1n2CCC1CCCN1C.CC(C)C(=O)c1ccc2c(c1)c1cc(C(=O)C(C)C)ccc1n2CCCN(C)C.Cl. The summed E-state index contributed by atoms with van der Waals surface area (Å²) in [4.78, 5) is 109. The van der Waals surface area contributed by atoms with Crippen LogP contribution in [0.3, 0.4) is 0 Å². The maximum atomic E-state index is 12.6. The number of carbonyl (C=O) groups is 8. The van der Waals surface area contributed by atoms with Crippen molar-refractivity contribution in [2.75, 3.05) is 88.1 Å². The molecule has 10 aromatic carbocycles. The molecule has 5 aliphatic rings. The molecule has 738 valence electrons. The van der Waals surface area contributed by atoms with Crippen molar-refractivity contribution in [3.05, 3.63) is 231 Å². The first-order valence-electron chi connectivity index (χ1n) is 50.4. The number of phenols is 3. The molecular formula is C119H139ClN10O11. The van der Waals surface area contributed by atoms with Crippen LogP contribution < -0.4 is 0 Å². The number of carbonyl (C=O) groups excluding carboxylic acids is 8. The molecule has 2 atom stereocenters. The number of allylic oxidation sites excluding steroid dienone is 2. The zero-order chi connectivity index (χ0) is 100.0. The molecule has 0 saturated carbocycles. The van der Waals surface area contributed by atoms with Crippen molar-refractivity contribution in [1.82, 2.24) is 47.3 Å². The Bertz CT molecular complexity index is 7220. The van der Waals surface area contributed by atoms with Gasteiger partial charge in [0.2, 0.25) is 0 Å². The zero-order valence-corrected chi connectivity index (χ0v) is 86.3. The lowest BCUT2D eigenvalue weighted by Crippen LogP contribution is -2.26. The Morgan fingerprint density at radius 2 is 0.688 bits per heavy atom. The number of fused-ring (bicyclic) bond motifs is 21. The Kier molecular flexibility index (Phi) is 31.5. The first-order valence-corrected chi connectivity index (χ1v) is 50.4. The van der Waals surface area contributed by atoms with E-state index in [1.807, 2.05) is 82.3 Å². The summed E-state index contributed by atoms with van der Waals surface area (Å²) in [7, 11) is 12.7. The summed E-state index contributed by atoms with van der Waals surface area (Å²) in [6, 6.07) is 48.4. The average Bonchev–Trinajstić information content (AvgIpc) is 1.55. The van der Waals surface area contributed by atoms with E-state index in [-0.39, 0.29) is 93.1 Å². The van der Waals surface area contributed by atoms with Crippen LogP contribution in [0.25, 0.3) is 120 Å². The Balaban J connectivity index is 0.000000133. The van der Waals surface area contributed by atoms with Crippen LogP contribution in [0.1, 0.15) is 257 Å². The number of likely N-dealkylation sites (N-methyl/N-ethyl adjacent to an activating group) is 1. The third kappa shape index (κ3) is 20.6. The number of hydrogen-bond donors (Lipinski definition) is 3.